The van der Waals surface area contributed by atoms with Crippen molar-refractivity contribution in [2.75, 3.05) is 0 Å². The SMILES string of the molecule is N#CSP. The molecule has 0 amide bonds. The van der Waals surface area contributed by atoms with Gasteiger partial charge in [0.1, 0.15) is 5.40 Å². The molecule has 0 aromatic heterocycles. The van der Waals surface area contributed by atoms with Crippen molar-refractivity contribution in [2.45, 2.75) is 0 Å². The van der Waals surface area contributed by atoms with Crippen LogP contribution in [0.15, 0.2) is 0 Å². The van der Waals surface area contributed by atoms with E-state index in [1.807, 2.05) is 5.40 Å². The van der Waals surface area contributed by atoms with E-state index in [9.17, 15) is 0 Å². The highest BCUT2D eigenvalue weighted by Crippen LogP contribution is 2.04. The van der Waals surface area contributed by atoms with E-state index in [-0.39, 0.29) is 0 Å². The molecule has 3 heteroatoms. The summed E-state index contributed by atoms with van der Waals surface area (Å²) in [5.41, 5.74) is 0. The van der Waals surface area contributed by atoms with Crippen molar-refractivity contribution in [3.8, 4) is 5.40 Å². The lowest BCUT2D eigenvalue weighted by Gasteiger charge is -1.47. The van der Waals surface area contributed by atoms with Crippen molar-refractivity contribution < 1.29 is 0 Å². The van der Waals surface area contributed by atoms with Crippen LogP contribution in [0.1, 0.15) is 0 Å². The fraction of sp³-hybridized carbons (Fsp3) is 0. The van der Waals surface area contributed by atoms with E-state index in [0.29, 0.717) is 0 Å². The first-order chi connectivity index (χ1) is 1.91. The molecule has 1 nitrogen and oxygen atoms in total. The van der Waals surface area contributed by atoms with Gasteiger partial charge in [-0.3, -0.25) is 0 Å². The highest BCUT2D eigenvalue weighted by atomic mass is 32.7. The third-order valence-electron chi connectivity index (χ3n) is 0.0527. The third-order valence-corrected chi connectivity index (χ3v) is 0.474. The summed E-state index contributed by atoms with van der Waals surface area (Å²) in [6, 6.07) is 0. The summed E-state index contributed by atoms with van der Waals surface area (Å²) in [4.78, 5) is 0. The van der Waals surface area contributed by atoms with Crippen LogP contribution in [-0.2, 0) is 0 Å². The second kappa shape index (κ2) is 3.27. The smallest absolute Gasteiger partial charge is 0.137 e. The number of hydrogen-bond donors (Lipinski definition) is 0. The molecule has 1 atom stereocenters. The number of nitrogens with zero attached hydrogens (tertiary/aromatic N) is 1. The number of rotatable bonds is 0. The van der Waals surface area contributed by atoms with Gasteiger partial charge in [-0.2, -0.15) is 5.26 Å². The Kier molecular flexibility index (Phi) is 3.49. The van der Waals surface area contributed by atoms with E-state index >= 15 is 0 Å². The number of hydrogen-bond acceptors (Lipinski definition) is 2. The summed E-state index contributed by atoms with van der Waals surface area (Å²) < 4.78 is 0. The highest BCUT2D eigenvalue weighted by molar-refractivity contribution is 8.46. The molecule has 22 valence electrons. The van der Waals surface area contributed by atoms with Gasteiger partial charge in [0.05, 0.1) is 0 Å². The zero-order valence-corrected chi connectivity index (χ0v) is 3.90. The average molecular weight is 91.1 g/mol. The standard InChI is InChI=1S/CH2NPS/c2-1-4-3/h3H2. The molecule has 0 aromatic rings. The Hall–Kier alpha value is 0.270. The Labute approximate surface area is 31.3 Å². The normalized spacial score (nSPS) is 5.00. The van der Waals surface area contributed by atoms with Crippen molar-refractivity contribution in [1.82, 2.24) is 0 Å². The van der Waals surface area contributed by atoms with Gasteiger partial charge in [0.2, 0.25) is 0 Å². The second-order valence-corrected chi connectivity index (χ2v) is 1.33. The van der Waals surface area contributed by atoms with Crippen LogP contribution in [0.2, 0.25) is 0 Å². The molecule has 0 aliphatic rings. The molecule has 0 saturated heterocycles. The van der Waals surface area contributed by atoms with Crippen LogP contribution >= 0.6 is 19.8 Å². The zero-order valence-electron chi connectivity index (χ0n) is 1.93. The van der Waals surface area contributed by atoms with E-state index in [2.05, 4.69) is 8.44 Å². The van der Waals surface area contributed by atoms with Crippen LogP contribution in [-0.4, -0.2) is 0 Å². The van der Waals surface area contributed by atoms with Crippen LogP contribution in [0.5, 0.6) is 0 Å². The summed E-state index contributed by atoms with van der Waals surface area (Å²) in [6.45, 7) is 0. The van der Waals surface area contributed by atoms with E-state index in [1.54, 1.807) is 0 Å². The van der Waals surface area contributed by atoms with Crippen LogP contribution in [0.4, 0.5) is 0 Å². The molecule has 0 aliphatic heterocycles. The van der Waals surface area contributed by atoms with E-state index < -0.39 is 0 Å². The summed E-state index contributed by atoms with van der Waals surface area (Å²) in [6.07, 6.45) is 0. The molecule has 0 spiro atoms. The molecule has 0 bridgehead atoms. The topological polar surface area (TPSA) is 23.8 Å². The van der Waals surface area contributed by atoms with Crippen molar-refractivity contribution in [2.24, 2.45) is 0 Å². The maximum absolute atomic E-state index is 7.57. The molecule has 4 heavy (non-hydrogen) atoms. The van der Waals surface area contributed by atoms with Crippen molar-refractivity contribution in [3.63, 3.8) is 0 Å². The van der Waals surface area contributed by atoms with Crippen LogP contribution in [0.25, 0.3) is 0 Å². The Morgan fingerprint density at radius 1 is 2.00 bits per heavy atom. The van der Waals surface area contributed by atoms with Gasteiger partial charge in [-0.25, -0.2) is 0 Å². The van der Waals surface area contributed by atoms with Gasteiger partial charge < -0.3 is 0 Å². The largest absolute Gasteiger partial charge is 0.185 e. The third kappa shape index (κ3) is 2.27. The predicted octanol–water partition coefficient (Wildman–Crippen LogP) is 0.991. The summed E-state index contributed by atoms with van der Waals surface area (Å²) >= 11 is 1.08. The van der Waals surface area contributed by atoms with Crippen LogP contribution in [0, 0.1) is 10.7 Å². The van der Waals surface area contributed by atoms with Crippen LogP contribution in [0.3, 0.4) is 0 Å². The molecule has 0 aliphatic carbocycles. The van der Waals surface area contributed by atoms with E-state index in [1.165, 1.54) is 0 Å². The van der Waals surface area contributed by atoms with Gasteiger partial charge in [0, 0.05) is 0 Å². The molecule has 0 N–H and O–H groups in total. The van der Waals surface area contributed by atoms with Gasteiger partial charge in [0.15, 0.2) is 0 Å². The average Bonchev–Trinajstić information content (AvgIpc) is 1.37. The first kappa shape index (κ1) is 4.27. The summed E-state index contributed by atoms with van der Waals surface area (Å²) in [5, 5.41) is 9.38. The van der Waals surface area contributed by atoms with Gasteiger partial charge in [-0.15, -0.1) is 0 Å². The molecule has 1 unspecified atom stereocenters. The summed E-state index contributed by atoms with van der Waals surface area (Å²) in [5.74, 6) is 0. The van der Waals surface area contributed by atoms with Gasteiger partial charge in [0.25, 0.3) is 0 Å². The maximum Gasteiger partial charge on any atom is 0.137 e. The first-order valence-electron chi connectivity index (χ1n) is 0.663. The van der Waals surface area contributed by atoms with Crippen molar-refractivity contribution >= 4 is 19.8 Å². The molecule has 0 aromatic carbocycles. The first-order valence-corrected chi connectivity index (χ1v) is 2.96. The van der Waals surface area contributed by atoms with Crippen molar-refractivity contribution in [1.29, 1.82) is 5.26 Å². The molecular weight excluding hydrogens is 89.1 g/mol. The monoisotopic (exact) mass is 91.0 g/mol. The molecular formula is CH2NPS. The predicted molar refractivity (Wildman–Crippen MR) is 22.9 cm³/mol. The van der Waals surface area contributed by atoms with Gasteiger partial charge in [-0.05, 0) is 11.4 Å². The number of thiocyanates is 1. The zero-order chi connectivity index (χ0) is 3.41. The molecule has 0 radical (unpaired) electrons. The van der Waals surface area contributed by atoms with E-state index in [4.69, 9.17) is 5.26 Å². The Morgan fingerprint density at radius 2 is 2.25 bits per heavy atom. The summed E-state index contributed by atoms with van der Waals surface area (Å²) in [7, 11) is 2.21. The highest BCUT2D eigenvalue weighted by Gasteiger charge is 1.49. The molecule has 0 saturated carbocycles. The molecule has 0 rings (SSSR count). The lowest BCUT2D eigenvalue weighted by Crippen LogP contribution is -1.10. The number of nitriles is 1. The van der Waals surface area contributed by atoms with Crippen molar-refractivity contribution in [3.05, 3.63) is 0 Å². The van der Waals surface area contributed by atoms with E-state index in [0.717, 1.165) is 11.4 Å². The molecule has 0 fully saturated rings. The minimum Gasteiger partial charge on any atom is -0.185 e. The second-order valence-electron chi connectivity index (χ2n) is 0.209. The fourth-order valence-electron chi connectivity index (χ4n) is 0. The Bertz CT molecular complexity index is 37.8. The minimum atomic E-state index is 1.08. The van der Waals surface area contributed by atoms with Gasteiger partial charge in [-0.1, -0.05) is 8.44 Å². The minimum absolute atomic E-state index is 1.08. The lowest BCUT2D eigenvalue weighted by molar-refractivity contribution is 1.57. The Balaban J connectivity index is 2.43. The Morgan fingerprint density at radius 3 is 2.25 bits per heavy atom. The van der Waals surface area contributed by atoms with Crippen LogP contribution < -0.4 is 0 Å². The lowest BCUT2D eigenvalue weighted by atomic mass is 11.8. The maximum atomic E-state index is 7.57. The fourth-order valence-corrected chi connectivity index (χ4v) is 0. The molecule has 0 heterocycles. The quantitative estimate of drug-likeness (QED) is 0.328. The van der Waals surface area contributed by atoms with Gasteiger partial charge >= 0.3 is 0 Å².